The first kappa shape index (κ1) is 11.3. The molecule has 0 bridgehead atoms. The summed E-state index contributed by atoms with van der Waals surface area (Å²) >= 11 is 1.66. The van der Waals surface area contributed by atoms with Gasteiger partial charge in [0.05, 0.1) is 6.04 Å². The Morgan fingerprint density at radius 2 is 1.75 bits per heavy atom. The van der Waals surface area contributed by atoms with Crippen molar-refractivity contribution < 1.29 is 0 Å². The van der Waals surface area contributed by atoms with Crippen LogP contribution in [0.5, 0.6) is 0 Å². The Morgan fingerprint density at radius 1 is 1.00 bits per heavy atom. The minimum absolute atomic E-state index is 0.0268. The lowest BCUT2D eigenvalue weighted by Crippen LogP contribution is -2.35. The van der Waals surface area contributed by atoms with Gasteiger partial charge >= 0.3 is 0 Å². The number of rotatable bonds is 4. The average Bonchev–Trinajstić information content (AvgIpc) is 2.83. The molecule has 16 heavy (non-hydrogen) atoms. The minimum atomic E-state index is -0.0693. The molecular weight excluding hydrogens is 216 g/mol. The summed E-state index contributed by atoms with van der Waals surface area (Å²) in [6.45, 7) is 0. The summed E-state index contributed by atoms with van der Waals surface area (Å²) in [5.74, 6) is 0. The number of benzene rings is 1. The zero-order chi connectivity index (χ0) is 11.4. The van der Waals surface area contributed by atoms with Crippen molar-refractivity contribution in [2.45, 2.75) is 18.5 Å². The fraction of sp³-hybridized carbons (Fsp3) is 0.231. The van der Waals surface area contributed by atoms with Crippen LogP contribution >= 0.6 is 11.3 Å². The molecule has 0 saturated heterocycles. The Morgan fingerprint density at radius 3 is 2.38 bits per heavy atom. The van der Waals surface area contributed by atoms with Crippen LogP contribution in [-0.4, -0.2) is 6.04 Å². The summed E-state index contributed by atoms with van der Waals surface area (Å²) in [5, 5.41) is 2.03. The highest BCUT2D eigenvalue weighted by Crippen LogP contribution is 2.20. The van der Waals surface area contributed by atoms with Gasteiger partial charge in [0.1, 0.15) is 0 Å². The molecule has 3 heteroatoms. The maximum Gasteiger partial charge on any atom is 0.0546 e. The molecule has 1 unspecified atom stereocenters. The summed E-state index contributed by atoms with van der Waals surface area (Å²) in [6, 6.07) is 14.2. The van der Waals surface area contributed by atoms with E-state index in [4.69, 9.17) is 11.5 Å². The van der Waals surface area contributed by atoms with E-state index in [-0.39, 0.29) is 12.1 Å². The van der Waals surface area contributed by atoms with Crippen LogP contribution in [0.1, 0.15) is 16.5 Å². The maximum atomic E-state index is 6.12. The first-order valence-corrected chi connectivity index (χ1v) is 6.24. The standard InChI is InChI=1S/C13H16N2S/c14-11(9-10-5-2-1-3-6-10)13(15)12-7-4-8-16-12/h1-8,11,13H,9,14-15H2/t11-,13?/m0/s1. The lowest BCUT2D eigenvalue weighted by molar-refractivity contribution is 0.551. The van der Waals surface area contributed by atoms with E-state index in [0.29, 0.717) is 0 Å². The maximum absolute atomic E-state index is 6.12. The van der Waals surface area contributed by atoms with Crippen LogP contribution < -0.4 is 11.5 Å². The number of hydrogen-bond acceptors (Lipinski definition) is 3. The first-order valence-electron chi connectivity index (χ1n) is 5.36. The molecule has 84 valence electrons. The molecule has 4 N–H and O–H groups in total. The normalized spacial score (nSPS) is 14.6. The molecule has 0 aliphatic carbocycles. The van der Waals surface area contributed by atoms with E-state index in [1.165, 1.54) is 5.56 Å². The van der Waals surface area contributed by atoms with Crippen LogP contribution in [0.4, 0.5) is 0 Å². The number of nitrogens with two attached hydrogens (primary N) is 2. The lowest BCUT2D eigenvalue weighted by atomic mass is 10.00. The average molecular weight is 232 g/mol. The fourth-order valence-corrected chi connectivity index (χ4v) is 2.51. The summed E-state index contributed by atoms with van der Waals surface area (Å²) < 4.78 is 0. The van der Waals surface area contributed by atoms with E-state index in [9.17, 15) is 0 Å². The topological polar surface area (TPSA) is 52.0 Å². The molecule has 0 amide bonds. The predicted octanol–water partition coefficient (Wildman–Crippen LogP) is 2.32. The van der Waals surface area contributed by atoms with Gasteiger partial charge in [0.15, 0.2) is 0 Å². The molecule has 1 aromatic carbocycles. The van der Waals surface area contributed by atoms with Crippen molar-refractivity contribution in [2.24, 2.45) is 11.5 Å². The van der Waals surface area contributed by atoms with Gasteiger partial charge in [-0.15, -0.1) is 11.3 Å². The molecular formula is C13H16N2S. The molecule has 2 atom stereocenters. The molecule has 2 rings (SSSR count). The van der Waals surface area contributed by atoms with Crippen molar-refractivity contribution in [3.63, 3.8) is 0 Å². The molecule has 2 aromatic rings. The SMILES string of the molecule is NC(c1cccs1)[C@@H](N)Cc1ccccc1. The third-order valence-electron chi connectivity index (χ3n) is 2.65. The highest BCUT2D eigenvalue weighted by molar-refractivity contribution is 7.10. The lowest BCUT2D eigenvalue weighted by Gasteiger charge is -2.18. The van der Waals surface area contributed by atoms with E-state index in [0.717, 1.165) is 11.3 Å². The van der Waals surface area contributed by atoms with Gasteiger partial charge in [0.25, 0.3) is 0 Å². The van der Waals surface area contributed by atoms with Crippen molar-refractivity contribution in [1.82, 2.24) is 0 Å². The molecule has 0 aliphatic heterocycles. The number of hydrogen-bond donors (Lipinski definition) is 2. The largest absolute Gasteiger partial charge is 0.326 e. The fourth-order valence-electron chi connectivity index (χ4n) is 1.71. The zero-order valence-corrected chi connectivity index (χ0v) is 9.86. The van der Waals surface area contributed by atoms with Crippen molar-refractivity contribution in [3.05, 3.63) is 58.3 Å². The summed E-state index contributed by atoms with van der Waals surface area (Å²) in [6.07, 6.45) is 0.819. The van der Waals surface area contributed by atoms with Crippen LogP contribution in [0.3, 0.4) is 0 Å². The zero-order valence-electron chi connectivity index (χ0n) is 9.04. The molecule has 0 fully saturated rings. The van der Waals surface area contributed by atoms with Gasteiger partial charge in [-0.3, -0.25) is 0 Å². The van der Waals surface area contributed by atoms with Crippen LogP contribution in [0.15, 0.2) is 47.8 Å². The van der Waals surface area contributed by atoms with Gasteiger partial charge in [-0.1, -0.05) is 36.4 Å². The van der Waals surface area contributed by atoms with Crippen molar-refractivity contribution in [3.8, 4) is 0 Å². The Hall–Kier alpha value is -1.16. The minimum Gasteiger partial charge on any atom is -0.326 e. The second-order valence-corrected chi connectivity index (χ2v) is 4.87. The molecule has 0 aliphatic rings. The monoisotopic (exact) mass is 232 g/mol. The Labute approximate surface area is 99.9 Å². The van der Waals surface area contributed by atoms with E-state index < -0.39 is 0 Å². The van der Waals surface area contributed by atoms with Crippen LogP contribution in [0, 0.1) is 0 Å². The summed E-state index contributed by atoms with van der Waals surface area (Å²) in [4.78, 5) is 1.16. The second-order valence-electron chi connectivity index (χ2n) is 3.89. The molecule has 1 aromatic heterocycles. The summed E-state index contributed by atoms with van der Waals surface area (Å²) in [7, 11) is 0. The van der Waals surface area contributed by atoms with Gasteiger partial charge in [-0.05, 0) is 23.4 Å². The molecule has 1 heterocycles. The Kier molecular flexibility index (Phi) is 3.72. The Bertz CT molecular complexity index is 411. The summed E-state index contributed by atoms with van der Waals surface area (Å²) in [5.41, 5.74) is 13.5. The van der Waals surface area contributed by atoms with Gasteiger partial charge in [-0.2, -0.15) is 0 Å². The third kappa shape index (κ3) is 2.70. The van der Waals surface area contributed by atoms with Gasteiger partial charge in [0.2, 0.25) is 0 Å². The van der Waals surface area contributed by atoms with Gasteiger partial charge in [-0.25, -0.2) is 0 Å². The van der Waals surface area contributed by atoms with E-state index in [1.54, 1.807) is 11.3 Å². The van der Waals surface area contributed by atoms with Gasteiger partial charge in [0, 0.05) is 10.9 Å². The van der Waals surface area contributed by atoms with E-state index >= 15 is 0 Å². The van der Waals surface area contributed by atoms with Crippen LogP contribution in [0.2, 0.25) is 0 Å². The van der Waals surface area contributed by atoms with Crippen molar-refractivity contribution in [1.29, 1.82) is 0 Å². The highest BCUT2D eigenvalue weighted by atomic mass is 32.1. The van der Waals surface area contributed by atoms with E-state index in [2.05, 4.69) is 12.1 Å². The molecule has 0 spiro atoms. The molecule has 0 radical (unpaired) electrons. The third-order valence-corrected chi connectivity index (χ3v) is 3.62. The van der Waals surface area contributed by atoms with Gasteiger partial charge < -0.3 is 11.5 Å². The van der Waals surface area contributed by atoms with Crippen LogP contribution in [0.25, 0.3) is 0 Å². The second kappa shape index (κ2) is 5.25. The molecule has 2 nitrogen and oxygen atoms in total. The van der Waals surface area contributed by atoms with Crippen molar-refractivity contribution >= 4 is 11.3 Å². The van der Waals surface area contributed by atoms with E-state index in [1.807, 2.05) is 35.7 Å². The Balaban J connectivity index is 2.01. The predicted molar refractivity (Wildman–Crippen MR) is 69.4 cm³/mol. The smallest absolute Gasteiger partial charge is 0.0546 e. The first-order chi connectivity index (χ1) is 7.77. The quantitative estimate of drug-likeness (QED) is 0.850. The van der Waals surface area contributed by atoms with Crippen molar-refractivity contribution in [2.75, 3.05) is 0 Å². The highest BCUT2D eigenvalue weighted by Gasteiger charge is 2.16. The number of thiophene rings is 1. The molecule has 0 saturated carbocycles. The van der Waals surface area contributed by atoms with Crippen LogP contribution in [-0.2, 0) is 6.42 Å².